The summed E-state index contributed by atoms with van der Waals surface area (Å²) in [7, 11) is 1.85. The van der Waals surface area contributed by atoms with Gasteiger partial charge in [0.25, 0.3) is 0 Å². The first-order chi connectivity index (χ1) is 8.72. The molecule has 2 rings (SSSR count). The molecule has 5 heteroatoms. The molecule has 1 aromatic carbocycles. The summed E-state index contributed by atoms with van der Waals surface area (Å²) in [5.74, 6) is 0. The fourth-order valence-corrected chi connectivity index (χ4v) is 1.96. The summed E-state index contributed by atoms with van der Waals surface area (Å²) in [5.41, 5.74) is 3.33. The summed E-state index contributed by atoms with van der Waals surface area (Å²) in [4.78, 5) is 4.12. The van der Waals surface area contributed by atoms with Gasteiger partial charge in [0.15, 0.2) is 0 Å². The van der Waals surface area contributed by atoms with Gasteiger partial charge in [-0.2, -0.15) is 5.26 Å². The van der Waals surface area contributed by atoms with Crippen LogP contribution in [0.5, 0.6) is 0 Å². The second kappa shape index (κ2) is 5.52. The Balaban J connectivity index is 2.26. The molecular weight excluding hydrogens is 292 g/mol. The van der Waals surface area contributed by atoms with Gasteiger partial charge >= 0.3 is 0 Å². The van der Waals surface area contributed by atoms with Crippen LogP contribution in [0.25, 0.3) is 0 Å². The van der Waals surface area contributed by atoms with Crippen LogP contribution in [0.3, 0.4) is 0 Å². The number of nitrogens with one attached hydrogen (secondary N) is 2. The molecule has 0 aliphatic carbocycles. The van der Waals surface area contributed by atoms with Gasteiger partial charge in [-0.05, 0) is 40.2 Å². The number of aromatic nitrogens is 1. The van der Waals surface area contributed by atoms with Crippen LogP contribution < -0.4 is 10.6 Å². The molecule has 0 bridgehead atoms. The number of hydrogen-bond acceptors (Lipinski definition) is 4. The van der Waals surface area contributed by atoms with Crippen LogP contribution in [0.2, 0.25) is 0 Å². The van der Waals surface area contributed by atoms with Crippen molar-refractivity contribution in [3.63, 3.8) is 0 Å². The zero-order valence-electron chi connectivity index (χ0n) is 9.74. The molecule has 0 radical (unpaired) electrons. The summed E-state index contributed by atoms with van der Waals surface area (Å²) in [6.45, 7) is 0. The van der Waals surface area contributed by atoms with E-state index in [-0.39, 0.29) is 0 Å². The largest absolute Gasteiger partial charge is 0.387 e. The Labute approximate surface area is 114 Å². The Bertz CT molecular complexity index is 604. The SMILES string of the molecule is CNc1cncc(Nc2ccc(C#N)cc2Br)c1. The number of halogens is 1. The highest BCUT2D eigenvalue weighted by Gasteiger charge is 2.02. The van der Waals surface area contributed by atoms with Gasteiger partial charge in [-0.1, -0.05) is 0 Å². The van der Waals surface area contributed by atoms with E-state index in [1.54, 1.807) is 24.5 Å². The number of benzene rings is 1. The molecule has 0 aliphatic rings. The van der Waals surface area contributed by atoms with Crippen LogP contribution in [-0.4, -0.2) is 12.0 Å². The molecule has 0 saturated heterocycles. The molecule has 2 aromatic rings. The third-order valence-corrected chi connectivity index (χ3v) is 3.06. The van der Waals surface area contributed by atoms with Crippen molar-refractivity contribution in [3.8, 4) is 6.07 Å². The highest BCUT2D eigenvalue weighted by molar-refractivity contribution is 9.10. The van der Waals surface area contributed by atoms with E-state index in [0.717, 1.165) is 21.5 Å². The lowest BCUT2D eigenvalue weighted by Crippen LogP contribution is -1.95. The van der Waals surface area contributed by atoms with Crippen molar-refractivity contribution in [2.24, 2.45) is 0 Å². The predicted octanol–water partition coefficient (Wildman–Crippen LogP) is 3.50. The molecule has 0 atom stereocenters. The third kappa shape index (κ3) is 2.79. The molecule has 0 spiro atoms. The predicted molar refractivity (Wildman–Crippen MR) is 75.9 cm³/mol. The van der Waals surface area contributed by atoms with Crippen LogP contribution in [0.1, 0.15) is 5.56 Å². The van der Waals surface area contributed by atoms with Crippen LogP contribution in [0, 0.1) is 11.3 Å². The van der Waals surface area contributed by atoms with Crippen molar-refractivity contribution >= 4 is 33.0 Å². The van der Waals surface area contributed by atoms with E-state index in [9.17, 15) is 0 Å². The number of hydrogen-bond donors (Lipinski definition) is 2. The van der Waals surface area contributed by atoms with Crippen molar-refractivity contribution in [3.05, 3.63) is 46.7 Å². The number of nitriles is 1. The standard InChI is InChI=1S/C13H11BrN4/c1-16-10-5-11(8-17-7-10)18-13-3-2-9(6-15)4-12(13)14/h2-5,7-8,16,18H,1H3. The van der Waals surface area contributed by atoms with Gasteiger partial charge in [0.1, 0.15) is 0 Å². The first-order valence-corrected chi connectivity index (χ1v) is 6.11. The summed E-state index contributed by atoms with van der Waals surface area (Å²) in [6, 6.07) is 9.45. The molecule has 0 amide bonds. The second-order valence-corrected chi connectivity index (χ2v) is 4.50. The van der Waals surface area contributed by atoms with Gasteiger partial charge < -0.3 is 10.6 Å². The van der Waals surface area contributed by atoms with Crippen molar-refractivity contribution in [1.29, 1.82) is 5.26 Å². The van der Waals surface area contributed by atoms with Crippen molar-refractivity contribution in [2.45, 2.75) is 0 Å². The van der Waals surface area contributed by atoms with Crippen LogP contribution in [-0.2, 0) is 0 Å². The zero-order valence-corrected chi connectivity index (χ0v) is 11.3. The summed E-state index contributed by atoms with van der Waals surface area (Å²) in [6.07, 6.45) is 3.49. The number of nitrogens with zero attached hydrogens (tertiary/aromatic N) is 2. The Morgan fingerprint density at radius 3 is 2.67 bits per heavy atom. The molecule has 1 aromatic heterocycles. The van der Waals surface area contributed by atoms with Crippen molar-refractivity contribution in [2.75, 3.05) is 17.7 Å². The fraction of sp³-hybridized carbons (Fsp3) is 0.0769. The molecule has 0 aliphatic heterocycles. The molecule has 1 heterocycles. The maximum atomic E-state index is 8.80. The maximum Gasteiger partial charge on any atom is 0.0992 e. The fourth-order valence-electron chi connectivity index (χ4n) is 1.49. The smallest absolute Gasteiger partial charge is 0.0992 e. The molecule has 18 heavy (non-hydrogen) atoms. The minimum absolute atomic E-state index is 0.620. The molecule has 4 nitrogen and oxygen atoms in total. The van der Waals surface area contributed by atoms with Gasteiger partial charge in [0.2, 0.25) is 0 Å². The van der Waals surface area contributed by atoms with Gasteiger partial charge in [0, 0.05) is 11.5 Å². The van der Waals surface area contributed by atoms with Gasteiger partial charge in [-0.25, -0.2) is 0 Å². The minimum Gasteiger partial charge on any atom is -0.387 e. The monoisotopic (exact) mass is 302 g/mol. The lowest BCUT2D eigenvalue weighted by atomic mass is 10.2. The first-order valence-electron chi connectivity index (χ1n) is 5.32. The summed E-state index contributed by atoms with van der Waals surface area (Å²) < 4.78 is 0.844. The van der Waals surface area contributed by atoms with Crippen molar-refractivity contribution < 1.29 is 0 Å². The maximum absolute atomic E-state index is 8.80. The summed E-state index contributed by atoms with van der Waals surface area (Å²) >= 11 is 3.43. The lowest BCUT2D eigenvalue weighted by molar-refractivity contribution is 1.30. The van der Waals surface area contributed by atoms with Gasteiger partial charge in [0.05, 0.1) is 41.1 Å². The van der Waals surface area contributed by atoms with E-state index >= 15 is 0 Å². The van der Waals surface area contributed by atoms with Gasteiger partial charge in [-0.3, -0.25) is 4.98 Å². The molecule has 90 valence electrons. The lowest BCUT2D eigenvalue weighted by Gasteiger charge is -2.09. The van der Waals surface area contributed by atoms with E-state index in [4.69, 9.17) is 5.26 Å². The molecule has 0 unspecified atom stereocenters. The van der Waals surface area contributed by atoms with Gasteiger partial charge in [-0.15, -0.1) is 0 Å². The molecule has 0 saturated carbocycles. The molecule has 0 fully saturated rings. The Morgan fingerprint density at radius 2 is 2.00 bits per heavy atom. The minimum atomic E-state index is 0.620. The number of anilines is 3. The third-order valence-electron chi connectivity index (χ3n) is 2.40. The molecule has 2 N–H and O–H groups in total. The van der Waals surface area contributed by atoms with E-state index < -0.39 is 0 Å². The number of rotatable bonds is 3. The van der Waals surface area contributed by atoms with E-state index in [0.29, 0.717) is 5.56 Å². The van der Waals surface area contributed by atoms with E-state index in [2.05, 4.69) is 37.6 Å². The summed E-state index contributed by atoms with van der Waals surface area (Å²) in [5, 5.41) is 15.1. The quantitative estimate of drug-likeness (QED) is 0.911. The average Bonchev–Trinajstić information content (AvgIpc) is 2.41. The highest BCUT2D eigenvalue weighted by Crippen LogP contribution is 2.27. The normalized spacial score (nSPS) is 9.61. The Morgan fingerprint density at radius 1 is 1.22 bits per heavy atom. The number of pyridine rings is 1. The van der Waals surface area contributed by atoms with E-state index in [1.807, 2.05) is 19.2 Å². The molecular formula is C13H11BrN4. The highest BCUT2D eigenvalue weighted by atomic mass is 79.9. The van der Waals surface area contributed by atoms with Crippen LogP contribution >= 0.6 is 15.9 Å². The van der Waals surface area contributed by atoms with Crippen molar-refractivity contribution in [1.82, 2.24) is 4.98 Å². The van der Waals surface area contributed by atoms with Crippen LogP contribution in [0.15, 0.2) is 41.1 Å². The first kappa shape index (κ1) is 12.4. The van der Waals surface area contributed by atoms with Crippen LogP contribution in [0.4, 0.5) is 17.1 Å². The second-order valence-electron chi connectivity index (χ2n) is 3.64. The Hall–Kier alpha value is -2.06. The topological polar surface area (TPSA) is 60.7 Å². The Kier molecular flexibility index (Phi) is 3.80. The van der Waals surface area contributed by atoms with E-state index in [1.165, 1.54) is 0 Å². The zero-order chi connectivity index (χ0) is 13.0. The average molecular weight is 303 g/mol.